The predicted molar refractivity (Wildman–Crippen MR) is 83.9 cm³/mol. The van der Waals surface area contributed by atoms with Crippen molar-refractivity contribution < 1.29 is 0 Å². The van der Waals surface area contributed by atoms with E-state index in [0.717, 1.165) is 18.5 Å². The molecule has 1 aromatic carbocycles. The van der Waals surface area contributed by atoms with E-state index in [9.17, 15) is 0 Å². The number of hydrogen-bond donors (Lipinski definition) is 1. The van der Waals surface area contributed by atoms with Gasteiger partial charge in [0.25, 0.3) is 0 Å². The molecule has 0 aliphatic rings. The average molecular weight is 274 g/mol. The quantitative estimate of drug-likeness (QED) is 0.878. The lowest BCUT2D eigenvalue weighted by Gasteiger charge is -2.06. The zero-order chi connectivity index (χ0) is 13.8. The second kappa shape index (κ2) is 6.20. The molecule has 2 N–H and O–H groups in total. The fraction of sp³-hybridized carbons (Fsp3) is 0.438. The molecule has 1 heterocycles. The van der Waals surface area contributed by atoms with E-state index in [1.165, 1.54) is 22.4 Å². The van der Waals surface area contributed by atoms with Gasteiger partial charge < -0.3 is 5.73 Å². The van der Waals surface area contributed by atoms with Crippen LogP contribution in [0.5, 0.6) is 0 Å². The van der Waals surface area contributed by atoms with Gasteiger partial charge in [-0.3, -0.25) is 0 Å². The number of nitrogens with zero attached hydrogens (tertiary/aromatic N) is 1. The SMILES string of the molecule is CCCc1ccc(Cc2sc(N)nc2C(C)C)cc1. The molecule has 2 rings (SSSR count). The lowest BCUT2D eigenvalue weighted by atomic mass is 10.0. The molecule has 0 radical (unpaired) electrons. The van der Waals surface area contributed by atoms with Gasteiger partial charge in [0.1, 0.15) is 0 Å². The van der Waals surface area contributed by atoms with Crippen molar-refractivity contribution >= 4 is 16.5 Å². The number of thiazole rings is 1. The molecule has 0 amide bonds. The molecular formula is C16H22N2S. The molecule has 3 heteroatoms. The second-order valence-electron chi connectivity index (χ2n) is 5.26. The van der Waals surface area contributed by atoms with E-state index < -0.39 is 0 Å². The van der Waals surface area contributed by atoms with Crippen LogP contribution in [0, 0.1) is 0 Å². The first-order chi connectivity index (χ1) is 9.10. The fourth-order valence-electron chi connectivity index (χ4n) is 2.26. The molecule has 0 spiro atoms. The standard InChI is InChI=1S/C16H22N2S/c1-4-5-12-6-8-13(9-7-12)10-14-15(11(2)3)18-16(17)19-14/h6-9,11H,4-5,10H2,1-3H3,(H2,17,18). The van der Waals surface area contributed by atoms with Gasteiger partial charge in [0, 0.05) is 11.3 Å². The van der Waals surface area contributed by atoms with Crippen molar-refractivity contribution in [1.29, 1.82) is 0 Å². The van der Waals surface area contributed by atoms with Crippen LogP contribution in [0.3, 0.4) is 0 Å². The predicted octanol–water partition coefficient (Wildman–Crippen LogP) is 4.39. The average Bonchev–Trinajstić information content (AvgIpc) is 2.73. The van der Waals surface area contributed by atoms with Crippen LogP contribution in [0.2, 0.25) is 0 Å². The molecule has 19 heavy (non-hydrogen) atoms. The summed E-state index contributed by atoms with van der Waals surface area (Å²) >= 11 is 1.62. The Labute approximate surface area is 119 Å². The Balaban J connectivity index is 2.16. The van der Waals surface area contributed by atoms with Crippen LogP contribution in [-0.2, 0) is 12.8 Å². The summed E-state index contributed by atoms with van der Waals surface area (Å²) in [5.74, 6) is 0.433. The maximum absolute atomic E-state index is 5.84. The van der Waals surface area contributed by atoms with Gasteiger partial charge in [-0.15, -0.1) is 11.3 Å². The monoisotopic (exact) mass is 274 g/mol. The number of nitrogen functional groups attached to an aromatic ring is 1. The van der Waals surface area contributed by atoms with E-state index in [1.54, 1.807) is 11.3 Å². The highest BCUT2D eigenvalue weighted by atomic mass is 32.1. The Hall–Kier alpha value is -1.35. The molecule has 0 atom stereocenters. The summed E-state index contributed by atoms with van der Waals surface area (Å²) in [4.78, 5) is 5.75. The summed E-state index contributed by atoms with van der Waals surface area (Å²) in [5, 5.41) is 0.682. The van der Waals surface area contributed by atoms with Gasteiger partial charge >= 0.3 is 0 Å². The Morgan fingerprint density at radius 3 is 2.37 bits per heavy atom. The zero-order valence-electron chi connectivity index (χ0n) is 11.9. The molecule has 0 aliphatic heterocycles. The summed E-state index contributed by atoms with van der Waals surface area (Å²) in [6.45, 7) is 6.55. The van der Waals surface area contributed by atoms with Crippen molar-refractivity contribution in [3.63, 3.8) is 0 Å². The number of nitrogens with two attached hydrogens (primary N) is 1. The summed E-state index contributed by atoms with van der Waals surface area (Å²) in [5.41, 5.74) is 9.75. The van der Waals surface area contributed by atoms with Crippen LogP contribution in [0.1, 0.15) is 54.8 Å². The van der Waals surface area contributed by atoms with Gasteiger partial charge in [-0.25, -0.2) is 4.98 Å². The van der Waals surface area contributed by atoms with Gasteiger partial charge in [0.05, 0.1) is 5.69 Å². The summed E-state index contributed by atoms with van der Waals surface area (Å²) in [6.07, 6.45) is 3.29. The number of aromatic nitrogens is 1. The minimum absolute atomic E-state index is 0.433. The number of hydrogen-bond acceptors (Lipinski definition) is 3. The third kappa shape index (κ3) is 3.57. The third-order valence-corrected chi connectivity index (χ3v) is 4.12. The zero-order valence-corrected chi connectivity index (χ0v) is 12.8. The lowest BCUT2D eigenvalue weighted by Crippen LogP contribution is -1.95. The fourth-order valence-corrected chi connectivity index (χ4v) is 3.28. The third-order valence-electron chi connectivity index (χ3n) is 3.22. The topological polar surface area (TPSA) is 38.9 Å². The van der Waals surface area contributed by atoms with Crippen LogP contribution in [0.25, 0.3) is 0 Å². The minimum atomic E-state index is 0.433. The molecule has 0 aliphatic carbocycles. The van der Waals surface area contributed by atoms with Gasteiger partial charge in [-0.2, -0.15) is 0 Å². The molecule has 0 fully saturated rings. The lowest BCUT2D eigenvalue weighted by molar-refractivity contribution is 0.820. The second-order valence-corrected chi connectivity index (χ2v) is 6.37. The molecule has 2 aromatic rings. The van der Waals surface area contributed by atoms with Crippen molar-refractivity contribution in [2.24, 2.45) is 0 Å². The molecule has 2 nitrogen and oxygen atoms in total. The number of benzene rings is 1. The van der Waals surface area contributed by atoms with Gasteiger partial charge in [0.2, 0.25) is 0 Å². The molecule has 0 bridgehead atoms. The number of rotatable bonds is 5. The van der Waals surface area contributed by atoms with E-state index in [4.69, 9.17) is 5.73 Å². The Morgan fingerprint density at radius 1 is 1.16 bits per heavy atom. The van der Waals surface area contributed by atoms with Crippen LogP contribution in [0.4, 0.5) is 5.13 Å². The first-order valence-electron chi connectivity index (χ1n) is 6.93. The van der Waals surface area contributed by atoms with Crippen LogP contribution >= 0.6 is 11.3 Å². The molecule has 102 valence electrons. The van der Waals surface area contributed by atoms with Crippen molar-refractivity contribution in [2.45, 2.75) is 46.0 Å². The van der Waals surface area contributed by atoms with Crippen molar-refractivity contribution in [1.82, 2.24) is 4.98 Å². The smallest absolute Gasteiger partial charge is 0.180 e. The van der Waals surface area contributed by atoms with Crippen LogP contribution < -0.4 is 5.73 Å². The normalized spacial score (nSPS) is 11.2. The highest BCUT2D eigenvalue weighted by molar-refractivity contribution is 7.15. The van der Waals surface area contributed by atoms with Crippen molar-refractivity contribution in [2.75, 3.05) is 5.73 Å². The van der Waals surface area contributed by atoms with E-state index in [-0.39, 0.29) is 0 Å². The summed E-state index contributed by atoms with van der Waals surface area (Å²) in [6, 6.07) is 8.92. The highest BCUT2D eigenvalue weighted by Crippen LogP contribution is 2.28. The minimum Gasteiger partial charge on any atom is -0.375 e. The van der Waals surface area contributed by atoms with Gasteiger partial charge in [-0.1, -0.05) is 51.5 Å². The first kappa shape index (κ1) is 14.1. The summed E-state index contributed by atoms with van der Waals surface area (Å²) < 4.78 is 0. The van der Waals surface area contributed by atoms with E-state index in [0.29, 0.717) is 11.0 Å². The largest absolute Gasteiger partial charge is 0.375 e. The molecule has 1 aromatic heterocycles. The molecule has 0 saturated carbocycles. The maximum Gasteiger partial charge on any atom is 0.180 e. The molecule has 0 saturated heterocycles. The van der Waals surface area contributed by atoms with E-state index in [2.05, 4.69) is 50.0 Å². The van der Waals surface area contributed by atoms with Crippen molar-refractivity contribution in [3.05, 3.63) is 46.0 Å². The van der Waals surface area contributed by atoms with Crippen molar-refractivity contribution in [3.8, 4) is 0 Å². The van der Waals surface area contributed by atoms with E-state index in [1.807, 2.05) is 0 Å². The Kier molecular flexibility index (Phi) is 4.59. The first-order valence-corrected chi connectivity index (χ1v) is 7.74. The summed E-state index contributed by atoms with van der Waals surface area (Å²) in [7, 11) is 0. The molecule has 0 unspecified atom stereocenters. The van der Waals surface area contributed by atoms with E-state index >= 15 is 0 Å². The highest BCUT2D eigenvalue weighted by Gasteiger charge is 2.13. The Morgan fingerprint density at radius 2 is 1.79 bits per heavy atom. The van der Waals surface area contributed by atoms with Gasteiger partial charge in [-0.05, 0) is 23.5 Å². The van der Waals surface area contributed by atoms with Gasteiger partial charge in [0.15, 0.2) is 5.13 Å². The maximum atomic E-state index is 5.84. The number of aryl methyl sites for hydroxylation is 1. The van der Waals surface area contributed by atoms with Crippen LogP contribution in [-0.4, -0.2) is 4.98 Å². The van der Waals surface area contributed by atoms with Crippen LogP contribution in [0.15, 0.2) is 24.3 Å². The Bertz CT molecular complexity index is 526. The number of anilines is 1. The molecular weight excluding hydrogens is 252 g/mol.